The molecule has 0 radical (unpaired) electrons. The van der Waals surface area contributed by atoms with Gasteiger partial charge in [0.05, 0.1) is 12.3 Å². The highest BCUT2D eigenvalue weighted by Crippen LogP contribution is 2.14. The van der Waals surface area contributed by atoms with Crippen LogP contribution in [-0.4, -0.2) is 17.7 Å². The number of aromatic amines is 1. The molecule has 0 aromatic carbocycles. The van der Waals surface area contributed by atoms with Gasteiger partial charge in [-0.1, -0.05) is 13.8 Å². The highest BCUT2D eigenvalue weighted by atomic mass is 16.5. The Morgan fingerprint density at radius 1 is 1.57 bits per heavy atom. The van der Waals surface area contributed by atoms with Gasteiger partial charge in [0, 0.05) is 0 Å². The first-order valence-corrected chi connectivity index (χ1v) is 4.46. The van der Waals surface area contributed by atoms with Gasteiger partial charge >= 0.3 is 11.6 Å². The molecule has 5 heteroatoms. The molecule has 0 fully saturated rings. The second-order valence-corrected chi connectivity index (χ2v) is 3.16. The third-order valence-corrected chi connectivity index (χ3v) is 1.78. The van der Waals surface area contributed by atoms with Crippen molar-refractivity contribution in [2.24, 2.45) is 0 Å². The molecular formula is C9H13NO4. The minimum atomic E-state index is -0.674. The van der Waals surface area contributed by atoms with E-state index in [9.17, 15) is 9.59 Å². The van der Waals surface area contributed by atoms with E-state index in [-0.39, 0.29) is 18.1 Å². The molecular weight excluding hydrogens is 186 g/mol. The summed E-state index contributed by atoms with van der Waals surface area (Å²) in [5.41, 5.74) is -0.220. The summed E-state index contributed by atoms with van der Waals surface area (Å²) < 4.78 is 9.28. The number of carbonyl (C=O) groups excluding carboxylic acids is 1. The van der Waals surface area contributed by atoms with Gasteiger partial charge in [0.2, 0.25) is 0 Å². The molecule has 0 bridgehead atoms. The monoisotopic (exact) mass is 199 g/mol. The third kappa shape index (κ3) is 1.86. The van der Waals surface area contributed by atoms with Gasteiger partial charge < -0.3 is 9.26 Å². The van der Waals surface area contributed by atoms with Crippen LogP contribution in [0.4, 0.5) is 0 Å². The summed E-state index contributed by atoms with van der Waals surface area (Å²) in [5, 5.41) is 2.42. The Balaban J connectivity index is 3.11. The smallest absolute Gasteiger partial charge is 0.372 e. The largest absolute Gasteiger partial charge is 0.462 e. The van der Waals surface area contributed by atoms with Crippen molar-refractivity contribution in [1.82, 2.24) is 5.16 Å². The van der Waals surface area contributed by atoms with Gasteiger partial charge in [0.25, 0.3) is 0 Å². The minimum Gasteiger partial charge on any atom is -0.462 e. The van der Waals surface area contributed by atoms with Crippen molar-refractivity contribution >= 4 is 5.97 Å². The van der Waals surface area contributed by atoms with E-state index in [0.29, 0.717) is 5.69 Å². The first kappa shape index (κ1) is 10.6. The SMILES string of the molecule is CCOC(=O)c1c(C(C)C)[nH]oc1=O. The molecule has 0 spiro atoms. The lowest BCUT2D eigenvalue weighted by atomic mass is 10.1. The number of esters is 1. The predicted octanol–water partition coefficient (Wildman–Crippen LogP) is 1.27. The van der Waals surface area contributed by atoms with Crippen LogP contribution < -0.4 is 5.63 Å². The normalized spacial score (nSPS) is 10.6. The molecule has 0 aliphatic rings. The van der Waals surface area contributed by atoms with Crippen LogP contribution in [0.25, 0.3) is 0 Å². The number of carbonyl (C=O) groups is 1. The maximum atomic E-state index is 11.3. The van der Waals surface area contributed by atoms with E-state index in [1.165, 1.54) is 0 Å². The molecule has 1 rings (SSSR count). The topological polar surface area (TPSA) is 72.3 Å². The summed E-state index contributed by atoms with van der Waals surface area (Å²) in [4.78, 5) is 22.5. The second kappa shape index (κ2) is 4.13. The van der Waals surface area contributed by atoms with Gasteiger partial charge in [-0.2, -0.15) is 0 Å². The predicted molar refractivity (Wildman–Crippen MR) is 49.4 cm³/mol. The summed E-state index contributed by atoms with van der Waals surface area (Å²) in [5.74, 6) is -0.618. The summed E-state index contributed by atoms with van der Waals surface area (Å²) in [6.07, 6.45) is 0. The number of H-pyrrole nitrogens is 1. The number of aromatic nitrogens is 1. The summed E-state index contributed by atoms with van der Waals surface area (Å²) in [6, 6.07) is 0. The highest BCUT2D eigenvalue weighted by Gasteiger charge is 2.22. The molecule has 1 N–H and O–H groups in total. The van der Waals surface area contributed by atoms with Crippen LogP contribution in [0.2, 0.25) is 0 Å². The minimum absolute atomic E-state index is 0.0147. The second-order valence-electron chi connectivity index (χ2n) is 3.16. The molecule has 1 aromatic heterocycles. The number of rotatable bonds is 3. The summed E-state index contributed by atoms with van der Waals surface area (Å²) in [7, 11) is 0. The van der Waals surface area contributed by atoms with Gasteiger partial charge in [0.15, 0.2) is 5.56 Å². The number of ether oxygens (including phenoxy) is 1. The lowest BCUT2D eigenvalue weighted by Gasteiger charge is -2.03. The standard InChI is InChI=1S/C9H13NO4/c1-4-13-8(11)6-7(5(2)3)10-14-9(6)12/h5,10H,4H2,1-3H3. The van der Waals surface area contributed by atoms with Crippen LogP contribution in [0.15, 0.2) is 9.32 Å². The molecule has 0 amide bonds. The third-order valence-electron chi connectivity index (χ3n) is 1.78. The molecule has 1 heterocycles. The van der Waals surface area contributed by atoms with Crippen LogP contribution in [0, 0.1) is 0 Å². The Morgan fingerprint density at radius 2 is 2.21 bits per heavy atom. The van der Waals surface area contributed by atoms with E-state index in [0.717, 1.165) is 0 Å². The molecule has 0 aliphatic carbocycles. The van der Waals surface area contributed by atoms with Gasteiger partial charge in [0.1, 0.15) is 0 Å². The Bertz CT molecular complexity index is 374. The van der Waals surface area contributed by atoms with E-state index in [1.807, 2.05) is 13.8 Å². The number of nitrogens with one attached hydrogen (secondary N) is 1. The van der Waals surface area contributed by atoms with Crippen molar-refractivity contribution < 1.29 is 14.1 Å². The fourth-order valence-electron chi connectivity index (χ4n) is 1.12. The Labute approximate surface area is 81.0 Å². The fourth-order valence-corrected chi connectivity index (χ4v) is 1.12. The number of hydrogen-bond acceptors (Lipinski definition) is 4. The zero-order chi connectivity index (χ0) is 10.7. The molecule has 14 heavy (non-hydrogen) atoms. The molecule has 0 aliphatic heterocycles. The summed E-state index contributed by atoms with van der Waals surface area (Å²) in [6.45, 7) is 5.62. The quantitative estimate of drug-likeness (QED) is 0.744. The van der Waals surface area contributed by atoms with Gasteiger partial charge in [-0.05, 0) is 12.8 Å². The van der Waals surface area contributed by atoms with Crippen molar-refractivity contribution in [2.45, 2.75) is 26.7 Å². The summed E-state index contributed by atoms with van der Waals surface area (Å²) >= 11 is 0. The molecule has 0 atom stereocenters. The Kier molecular flexibility index (Phi) is 3.11. The lowest BCUT2D eigenvalue weighted by molar-refractivity contribution is 0.0522. The van der Waals surface area contributed by atoms with Crippen molar-refractivity contribution in [3.8, 4) is 0 Å². The molecule has 1 aromatic rings. The molecule has 0 saturated carbocycles. The fraction of sp³-hybridized carbons (Fsp3) is 0.556. The van der Waals surface area contributed by atoms with Gasteiger partial charge in [-0.15, -0.1) is 0 Å². The van der Waals surface area contributed by atoms with Crippen LogP contribution in [0.5, 0.6) is 0 Å². The molecule has 0 unspecified atom stereocenters. The van der Waals surface area contributed by atoms with Crippen LogP contribution in [0.3, 0.4) is 0 Å². The first-order chi connectivity index (χ1) is 6.57. The van der Waals surface area contributed by atoms with Crippen LogP contribution in [-0.2, 0) is 4.74 Å². The lowest BCUT2D eigenvalue weighted by Crippen LogP contribution is -2.15. The van der Waals surface area contributed by atoms with Gasteiger partial charge in [-0.3, -0.25) is 0 Å². The van der Waals surface area contributed by atoms with Crippen molar-refractivity contribution in [2.75, 3.05) is 6.61 Å². The first-order valence-electron chi connectivity index (χ1n) is 4.46. The van der Waals surface area contributed by atoms with Crippen molar-refractivity contribution in [3.63, 3.8) is 0 Å². The van der Waals surface area contributed by atoms with Crippen molar-refractivity contribution in [3.05, 3.63) is 21.7 Å². The Hall–Kier alpha value is -1.52. The van der Waals surface area contributed by atoms with E-state index >= 15 is 0 Å². The highest BCUT2D eigenvalue weighted by molar-refractivity contribution is 5.90. The average molecular weight is 199 g/mol. The van der Waals surface area contributed by atoms with E-state index < -0.39 is 11.6 Å². The van der Waals surface area contributed by atoms with Crippen LogP contribution >= 0.6 is 0 Å². The van der Waals surface area contributed by atoms with E-state index in [4.69, 9.17) is 4.74 Å². The molecule has 78 valence electrons. The van der Waals surface area contributed by atoms with E-state index in [1.54, 1.807) is 6.92 Å². The average Bonchev–Trinajstić information content (AvgIpc) is 2.47. The zero-order valence-corrected chi connectivity index (χ0v) is 8.42. The van der Waals surface area contributed by atoms with Crippen molar-refractivity contribution in [1.29, 1.82) is 0 Å². The van der Waals surface area contributed by atoms with Crippen LogP contribution in [0.1, 0.15) is 42.7 Å². The zero-order valence-electron chi connectivity index (χ0n) is 8.42. The molecule has 0 saturated heterocycles. The number of hydrogen-bond donors (Lipinski definition) is 1. The maximum absolute atomic E-state index is 11.3. The van der Waals surface area contributed by atoms with E-state index in [2.05, 4.69) is 9.68 Å². The maximum Gasteiger partial charge on any atom is 0.372 e. The Morgan fingerprint density at radius 3 is 2.71 bits per heavy atom. The molecule has 5 nitrogen and oxygen atoms in total. The van der Waals surface area contributed by atoms with Gasteiger partial charge in [-0.25, -0.2) is 14.7 Å².